The molecule has 0 bridgehead atoms. The van der Waals surface area contributed by atoms with Crippen molar-refractivity contribution in [3.63, 3.8) is 0 Å². The van der Waals surface area contributed by atoms with Gasteiger partial charge in [0.05, 0.1) is 6.33 Å². The molecular weight excluding hydrogens is 564 g/mol. The number of hydrogen-bond acceptors (Lipinski definition) is 10. The van der Waals surface area contributed by atoms with E-state index in [-0.39, 0.29) is 17.4 Å². The van der Waals surface area contributed by atoms with E-state index in [1.807, 2.05) is 41.4 Å². The zero-order chi connectivity index (χ0) is 30.6. The van der Waals surface area contributed by atoms with Gasteiger partial charge in [0, 0.05) is 32.1 Å². The number of hydrazine groups is 1. The number of fused-ring (bicyclic) bond motifs is 1. The van der Waals surface area contributed by atoms with Gasteiger partial charge in [0.25, 0.3) is 5.91 Å². The summed E-state index contributed by atoms with van der Waals surface area (Å²) >= 11 is 0. The van der Waals surface area contributed by atoms with E-state index in [9.17, 15) is 19.8 Å². The minimum Gasteiger partial charge on any atom is -0.387 e. The van der Waals surface area contributed by atoms with E-state index in [0.29, 0.717) is 24.4 Å². The molecule has 2 aliphatic heterocycles. The van der Waals surface area contributed by atoms with Gasteiger partial charge in [-0.2, -0.15) is 0 Å². The molecule has 4 atom stereocenters. The number of aromatic nitrogens is 4. The summed E-state index contributed by atoms with van der Waals surface area (Å²) in [4.78, 5) is 39.5. The lowest BCUT2D eigenvalue weighted by Crippen LogP contribution is -2.42. The molecule has 4 heterocycles. The van der Waals surface area contributed by atoms with E-state index >= 15 is 0 Å². The lowest BCUT2D eigenvalue weighted by atomic mass is 9.91. The molecule has 0 spiro atoms. The molecule has 0 radical (unpaired) electrons. The first kappa shape index (κ1) is 29.6. The molecule has 0 saturated carbocycles. The number of hydrogen-bond donors (Lipinski definition) is 5. The van der Waals surface area contributed by atoms with Crippen LogP contribution < -0.4 is 16.1 Å². The van der Waals surface area contributed by atoms with Crippen LogP contribution in [-0.4, -0.2) is 91.0 Å². The maximum atomic E-state index is 13.4. The zero-order valence-electron chi connectivity index (χ0n) is 24.3. The van der Waals surface area contributed by atoms with E-state index in [1.165, 1.54) is 10.9 Å². The molecule has 2 aromatic heterocycles. The summed E-state index contributed by atoms with van der Waals surface area (Å²) < 4.78 is 7.26. The summed E-state index contributed by atoms with van der Waals surface area (Å²) in [6, 6.07) is 20.2. The van der Waals surface area contributed by atoms with Gasteiger partial charge in [-0.3, -0.25) is 19.6 Å². The average molecular weight is 601 g/mol. The van der Waals surface area contributed by atoms with Crippen molar-refractivity contribution in [1.82, 2.24) is 35.3 Å². The van der Waals surface area contributed by atoms with Crippen molar-refractivity contribution in [2.75, 3.05) is 31.5 Å². The zero-order valence-corrected chi connectivity index (χ0v) is 24.3. The summed E-state index contributed by atoms with van der Waals surface area (Å²) in [5.41, 5.74) is 5.62. The molecule has 0 unspecified atom stereocenters. The van der Waals surface area contributed by atoms with Crippen LogP contribution in [-0.2, 0) is 9.53 Å². The number of aliphatic hydroxyl groups is 2. The van der Waals surface area contributed by atoms with Gasteiger partial charge in [0.2, 0.25) is 5.82 Å². The predicted molar refractivity (Wildman–Crippen MR) is 161 cm³/mol. The minimum atomic E-state index is -1.47. The highest BCUT2D eigenvalue weighted by Gasteiger charge is 2.47. The molecule has 5 N–H and O–H groups in total. The fraction of sp³-hybridized carbons (Fsp3) is 0.387. The Kier molecular flexibility index (Phi) is 8.79. The van der Waals surface area contributed by atoms with E-state index in [0.717, 1.165) is 37.1 Å². The quantitative estimate of drug-likeness (QED) is 0.180. The highest BCUT2D eigenvalue weighted by molar-refractivity contribution is 5.94. The fourth-order valence-electron chi connectivity index (χ4n) is 5.73. The number of amides is 2. The second kappa shape index (κ2) is 13.1. The topological polar surface area (TPSA) is 167 Å². The van der Waals surface area contributed by atoms with Gasteiger partial charge in [0.15, 0.2) is 29.3 Å². The minimum absolute atomic E-state index is 0.0423. The van der Waals surface area contributed by atoms with Crippen molar-refractivity contribution >= 4 is 28.8 Å². The van der Waals surface area contributed by atoms with Crippen molar-refractivity contribution in [1.29, 1.82) is 0 Å². The van der Waals surface area contributed by atoms with E-state index in [2.05, 4.69) is 55.3 Å². The fourth-order valence-corrected chi connectivity index (χ4v) is 5.73. The Balaban J connectivity index is 1.36. The molecule has 4 aromatic rings. The monoisotopic (exact) mass is 600 g/mol. The molecule has 13 heteroatoms. The highest BCUT2D eigenvalue weighted by atomic mass is 16.6. The van der Waals surface area contributed by atoms with Gasteiger partial charge in [-0.25, -0.2) is 20.0 Å². The van der Waals surface area contributed by atoms with Crippen LogP contribution in [0.1, 0.15) is 53.7 Å². The number of rotatable bonds is 10. The lowest BCUT2D eigenvalue weighted by Gasteiger charge is -2.20. The van der Waals surface area contributed by atoms with Gasteiger partial charge in [-0.15, -0.1) is 0 Å². The number of likely N-dealkylation sites (N-methyl/N-ethyl adjacent to an activating group) is 1. The smallest absolute Gasteiger partial charge is 0.303 e. The standard InChI is InChI=1S/C31H36N8O5/c1-2-32-29(42)25-23(40)24(41)31(44-25)39-18-34-22-26(35-27(36-28(22)39)30(43)37-38-15-9-10-16-38)33-17-21(19-11-5-3-6-12-19)20-13-7-4-8-14-20/h3-8,11-14,18,21,23-25,31,40-41H,2,9-10,15-17H2,1H3,(H,32,42)(H,37,43)(H,33,35,36)/t23-,24+,25-,31+/m0/s1. The first-order valence-corrected chi connectivity index (χ1v) is 14.9. The van der Waals surface area contributed by atoms with E-state index < -0.39 is 36.4 Å². The van der Waals surface area contributed by atoms with Crippen molar-refractivity contribution in [2.24, 2.45) is 0 Å². The molecule has 2 saturated heterocycles. The van der Waals surface area contributed by atoms with Crippen LogP contribution in [0.25, 0.3) is 11.2 Å². The first-order chi connectivity index (χ1) is 21.4. The Labute approximate surface area is 254 Å². The largest absolute Gasteiger partial charge is 0.387 e. The summed E-state index contributed by atoms with van der Waals surface area (Å²) in [6.07, 6.45) is -2.03. The number of aliphatic hydroxyl groups excluding tert-OH is 2. The Morgan fingerprint density at radius 2 is 1.64 bits per heavy atom. The van der Waals surface area contributed by atoms with Crippen molar-refractivity contribution in [2.45, 2.75) is 50.2 Å². The average Bonchev–Trinajstić information content (AvgIpc) is 3.78. The Hall–Kier alpha value is -4.43. The van der Waals surface area contributed by atoms with Crippen molar-refractivity contribution in [3.05, 3.63) is 83.9 Å². The van der Waals surface area contributed by atoms with Crippen LogP contribution in [0.4, 0.5) is 5.82 Å². The van der Waals surface area contributed by atoms with Crippen LogP contribution in [0.2, 0.25) is 0 Å². The predicted octanol–water partition coefficient (Wildman–Crippen LogP) is 1.57. The number of ether oxygens (including phenoxy) is 1. The SMILES string of the molecule is CCNC(=O)[C@H]1O[C@@H](n2cnc3c(NCC(c4ccccc4)c4ccccc4)nc(C(=O)NN4CCCC4)nc32)[C@H](O)[C@@H]1O. The third-order valence-corrected chi connectivity index (χ3v) is 7.99. The molecule has 2 aromatic carbocycles. The van der Waals surface area contributed by atoms with Crippen LogP contribution in [0, 0.1) is 0 Å². The first-order valence-electron chi connectivity index (χ1n) is 14.9. The molecular formula is C31H36N8O5. The molecule has 6 rings (SSSR count). The molecule has 2 aliphatic rings. The van der Waals surface area contributed by atoms with Gasteiger partial charge >= 0.3 is 5.91 Å². The van der Waals surface area contributed by atoms with Gasteiger partial charge < -0.3 is 25.6 Å². The number of anilines is 1. The Bertz CT molecular complexity index is 1560. The van der Waals surface area contributed by atoms with Crippen LogP contribution in [0.5, 0.6) is 0 Å². The summed E-state index contributed by atoms with van der Waals surface area (Å²) in [5, 5.41) is 29.4. The maximum absolute atomic E-state index is 13.4. The number of nitrogens with zero attached hydrogens (tertiary/aromatic N) is 5. The normalized spacial score (nSPS) is 22.0. The van der Waals surface area contributed by atoms with E-state index in [4.69, 9.17) is 4.74 Å². The highest BCUT2D eigenvalue weighted by Crippen LogP contribution is 2.33. The number of imidazole rings is 1. The maximum Gasteiger partial charge on any atom is 0.303 e. The third kappa shape index (κ3) is 5.99. The number of carbonyl (C=O) groups excluding carboxylic acids is 2. The summed E-state index contributed by atoms with van der Waals surface area (Å²) in [6.45, 7) is 3.98. The Morgan fingerprint density at radius 3 is 2.27 bits per heavy atom. The molecule has 0 aliphatic carbocycles. The van der Waals surface area contributed by atoms with Gasteiger partial charge in [-0.1, -0.05) is 60.7 Å². The van der Waals surface area contributed by atoms with Crippen LogP contribution in [0.15, 0.2) is 67.0 Å². The van der Waals surface area contributed by atoms with Crippen molar-refractivity contribution < 1.29 is 24.5 Å². The van der Waals surface area contributed by atoms with Gasteiger partial charge in [-0.05, 0) is 30.9 Å². The molecule has 44 heavy (non-hydrogen) atoms. The number of nitrogens with one attached hydrogen (secondary N) is 3. The molecule has 230 valence electrons. The molecule has 2 fully saturated rings. The van der Waals surface area contributed by atoms with E-state index in [1.54, 1.807) is 6.92 Å². The number of carbonyl (C=O) groups is 2. The second-order valence-electron chi connectivity index (χ2n) is 10.9. The van der Waals surface area contributed by atoms with Crippen molar-refractivity contribution in [3.8, 4) is 0 Å². The third-order valence-electron chi connectivity index (χ3n) is 7.99. The second-order valence-corrected chi connectivity index (χ2v) is 10.9. The van der Waals surface area contributed by atoms with Crippen LogP contribution in [0.3, 0.4) is 0 Å². The van der Waals surface area contributed by atoms with Crippen LogP contribution >= 0.6 is 0 Å². The Morgan fingerprint density at radius 1 is 0.977 bits per heavy atom. The molecule has 13 nitrogen and oxygen atoms in total. The van der Waals surface area contributed by atoms with Gasteiger partial charge in [0.1, 0.15) is 12.2 Å². The summed E-state index contributed by atoms with van der Waals surface area (Å²) in [5.74, 6) is -0.843. The molecule has 2 amide bonds. The number of benzene rings is 2. The lowest BCUT2D eigenvalue weighted by molar-refractivity contribution is -0.137. The summed E-state index contributed by atoms with van der Waals surface area (Å²) in [7, 11) is 0.